The molecule has 0 aromatic heterocycles. The first kappa shape index (κ1) is 29.5. The van der Waals surface area contributed by atoms with E-state index in [1.54, 1.807) is 83.6 Å². The molecule has 2 saturated heterocycles. The third-order valence-corrected chi connectivity index (χ3v) is 8.33. The normalized spacial score (nSPS) is 19.2. The number of nitrogens with one attached hydrogen (secondary N) is 1. The Morgan fingerprint density at radius 2 is 1.38 bits per heavy atom. The average Bonchev–Trinajstić information content (AvgIpc) is 2.98. The zero-order valence-corrected chi connectivity index (χ0v) is 24.6. The van der Waals surface area contributed by atoms with E-state index < -0.39 is 5.54 Å². The lowest BCUT2D eigenvalue weighted by atomic mass is 9.82. The highest BCUT2D eigenvalue weighted by Crippen LogP contribution is 2.35. The van der Waals surface area contributed by atoms with E-state index in [0.29, 0.717) is 46.8 Å². The van der Waals surface area contributed by atoms with Crippen LogP contribution in [0.3, 0.4) is 0 Å². The summed E-state index contributed by atoms with van der Waals surface area (Å²) in [6.07, 6.45) is 5.65. The van der Waals surface area contributed by atoms with Gasteiger partial charge in [-0.1, -0.05) is 6.42 Å². The van der Waals surface area contributed by atoms with Gasteiger partial charge in [-0.05, 0) is 70.7 Å². The monoisotopic (exact) mass is 553 g/mol. The molecule has 0 radical (unpaired) electrons. The molecular formula is C31H43N3O6. The molecular weight excluding hydrogens is 510 g/mol. The first-order valence-corrected chi connectivity index (χ1v) is 14.0. The number of carbonyl (C=O) groups excluding carboxylic acids is 2. The molecule has 218 valence electrons. The van der Waals surface area contributed by atoms with Gasteiger partial charge in [0.1, 0.15) is 28.5 Å². The van der Waals surface area contributed by atoms with Crippen molar-refractivity contribution in [1.82, 2.24) is 9.80 Å². The Kier molecular flexibility index (Phi) is 9.45. The summed E-state index contributed by atoms with van der Waals surface area (Å²) in [6, 6.07) is 10.8. The van der Waals surface area contributed by atoms with Crippen LogP contribution in [0.25, 0.3) is 0 Å². The van der Waals surface area contributed by atoms with Crippen molar-refractivity contribution in [1.29, 1.82) is 0 Å². The fourth-order valence-corrected chi connectivity index (χ4v) is 5.96. The molecule has 2 aliphatic heterocycles. The van der Waals surface area contributed by atoms with E-state index in [0.717, 1.165) is 32.4 Å². The van der Waals surface area contributed by atoms with Crippen LogP contribution in [0.2, 0.25) is 0 Å². The lowest BCUT2D eigenvalue weighted by Gasteiger charge is -2.47. The fraction of sp³-hybridized carbons (Fsp3) is 0.548. The summed E-state index contributed by atoms with van der Waals surface area (Å²) in [5.41, 5.74) is -0.238. The summed E-state index contributed by atoms with van der Waals surface area (Å²) in [7, 11) is 6.23. The number of benzene rings is 2. The minimum absolute atomic E-state index is 0.242. The third kappa shape index (κ3) is 6.46. The summed E-state index contributed by atoms with van der Waals surface area (Å²) < 4.78 is 21.6. The lowest BCUT2D eigenvalue weighted by molar-refractivity contribution is -0.125. The molecule has 2 amide bonds. The Labute approximate surface area is 237 Å². The van der Waals surface area contributed by atoms with Crippen LogP contribution in [-0.2, 0) is 4.79 Å². The van der Waals surface area contributed by atoms with Crippen LogP contribution < -0.4 is 24.3 Å². The number of hydrogen-bond acceptors (Lipinski definition) is 7. The number of fused-ring (bicyclic) bond motifs is 1. The molecule has 0 unspecified atom stereocenters. The predicted octanol–water partition coefficient (Wildman–Crippen LogP) is 4.85. The topological polar surface area (TPSA) is 89.6 Å². The Hall–Kier alpha value is -3.46. The zero-order valence-electron chi connectivity index (χ0n) is 24.6. The molecule has 2 aromatic carbocycles. The zero-order chi connectivity index (χ0) is 28.9. The maximum atomic E-state index is 14.3. The first-order valence-electron chi connectivity index (χ1n) is 14.0. The van der Waals surface area contributed by atoms with Gasteiger partial charge in [0.2, 0.25) is 5.91 Å². The number of methoxy groups -OCH3 is 4. The summed E-state index contributed by atoms with van der Waals surface area (Å²) in [4.78, 5) is 32.5. The maximum absolute atomic E-state index is 14.3. The third-order valence-electron chi connectivity index (χ3n) is 8.33. The lowest BCUT2D eigenvalue weighted by Crippen LogP contribution is -2.59. The van der Waals surface area contributed by atoms with Crippen LogP contribution >= 0.6 is 0 Å². The van der Waals surface area contributed by atoms with Gasteiger partial charge in [0, 0.05) is 48.1 Å². The van der Waals surface area contributed by atoms with Crippen molar-refractivity contribution < 1.29 is 28.5 Å². The van der Waals surface area contributed by atoms with Gasteiger partial charge < -0.3 is 34.1 Å². The standard InChI is InChI=1S/C31H43N3O6/c1-31(2,30(36)32-23-16-26(39-5)19-27(17-23)40-6)34(20-21-10-9-13-33-12-8-7-11-28(21)33)29(35)22-14-24(37-3)18-25(15-22)38-4/h14-19,21,28H,7-13,20H2,1-6H3,(H,32,36)/t21-,28-/m1/s1. The van der Waals surface area contributed by atoms with Crippen molar-refractivity contribution in [3.05, 3.63) is 42.0 Å². The molecule has 9 nitrogen and oxygen atoms in total. The average molecular weight is 554 g/mol. The Balaban J connectivity index is 1.69. The largest absolute Gasteiger partial charge is 0.497 e. The van der Waals surface area contributed by atoms with E-state index in [1.807, 2.05) is 0 Å². The number of rotatable bonds is 10. The number of nitrogens with zero attached hydrogens (tertiary/aromatic N) is 2. The summed E-state index contributed by atoms with van der Waals surface area (Å²) in [5.74, 6) is 1.88. The van der Waals surface area contributed by atoms with Crippen LogP contribution in [0.1, 0.15) is 56.3 Å². The molecule has 2 atom stereocenters. The van der Waals surface area contributed by atoms with Crippen molar-refractivity contribution in [2.24, 2.45) is 5.92 Å². The molecule has 9 heteroatoms. The van der Waals surface area contributed by atoms with Crippen LogP contribution in [0.15, 0.2) is 36.4 Å². The molecule has 4 rings (SSSR count). The van der Waals surface area contributed by atoms with Crippen LogP contribution in [0.5, 0.6) is 23.0 Å². The molecule has 0 bridgehead atoms. The van der Waals surface area contributed by atoms with E-state index in [2.05, 4.69) is 10.2 Å². The van der Waals surface area contributed by atoms with Crippen molar-refractivity contribution in [2.45, 2.75) is 57.5 Å². The van der Waals surface area contributed by atoms with Crippen molar-refractivity contribution in [2.75, 3.05) is 53.4 Å². The number of carbonyl (C=O) groups is 2. The van der Waals surface area contributed by atoms with Gasteiger partial charge in [0.25, 0.3) is 5.91 Å². The molecule has 0 spiro atoms. The highest BCUT2D eigenvalue weighted by atomic mass is 16.5. The molecule has 40 heavy (non-hydrogen) atoms. The van der Waals surface area contributed by atoms with Gasteiger partial charge in [-0.15, -0.1) is 0 Å². The number of anilines is 1. The number of piperidine rings is 2. The molecule has 2 fully saturated rings. The quantitative estimate of drug-likeness (QED) is 0.450. The minimum Gasteiger partial charge on any atom is -0.497 e. The minimum atomic E-state index is -1.18. The van der Waals surface area contributed by atoms with Crippen LogP contribution in [0, 0.1) is 5.92 Å². The second-order valence-electron chi connectivity index (χ2n) is 11.1. The molecule has 2 aromatic rings. The van der Waals surface area contributed by atoms with E-state index in [4.69, 9.17) is 18.9 Å². The van der Waals surface area contributed by atoms with Crippen LogP contribution in [0.4, 0.5) is 5.69 Å². The maximum Gasteiger partial charge on any atom is 0.255 e. The van der Waals surface area contributed by atoms with Crippen molar-refractivity contribution in [3.8, 4) is 23.0 Å². The van der Waals surface area contributed by atoms with Gasteiger partial charge in [0.05, 0.1) is 28.4 Å². The van der Waals surface area contributed by atoms with E-state index in [9.17, 15) is 9.59 Å². The second-order valence-corrected chi connectivity index (χ2v) is 11.1. The molecule has 0 saturated carbocycles. The van der Waals surface area contributed by atoms with E-state index >= 15 is 0 Å². The molecule has 2 aliphatic rings. The van der Waals surface area contributed by atoms with Gasteiger partial charge in [-0.25, -0.2) is 0 Å². The summed E-state index contributed by atoms with van der Waals surface area (Å²) in [5, 5.41) is 3.00. The van der Waals surface area contributed by atoms with Gasteiger partial charge in [-0.3, -0.25) is 9.59 Å². The predicted molar refractivity (Wildman–Crippen MR) is 155 cm³/mol. The molecule has 2 heterocycles. The highest BCUT2D eigenvalue weighted by molar-refractivity contribution is 6.03. The highest BCUT2D eigenvalue weighted by Gasteiger charge is 2.42. The second kappa shape index (κ2) is 12.8. The number of amides is 2. The summed E-state index contributed by atoms with van der Waals surface area (Å²) >= 11 is 0. The van der Waals surface area contributed by atoms with Crippen molar-refractivity contribution in [3.63, 3.8) is 0 Å². The fourth-order valence-electron chi connectivity index (χ4n) is 5.96. The van der Waals surface area contributed by atoms with E-state index in [1.165, 1.54) is 12.8 Å². The first-order chi connectivity index (χ1) is 19.2. The summed E-state index contributed by atoms with van der Waals surface area (Å²) in [6.45, 7) is 6.28. The molecule has 1 N–H and O–H groups in total. The van der Waals surface area contributed by atoms with E-state index in [-0.39, 0.29) is 17.7 Å². The SMILES string of the molecule is COc1cc(NC(=O)C(C)(C)N(C[C@H]2CCCN3CCCC[C@H]23)C(=O)c2cc(OC)cc(OC)c2)cc(OC)c1. The Morgan fingerprint density at radius 3 is 1.95 bits per heavy atom. The molecule has 0 aliphatic carbocycles. The number of ether oxygens (including phenoxy) is 4. The van der Waals surface area contributed by atoms with Crippen molar-refractivity contribution >= 4 is 17.5 Å². The van der Waals surface area contributed by atoms with Crippen LogP contribution in [-0.4, -0.2) is 81.3 Å². The number of hydrogen-bond donors (Lipinski definition) is 1. The Bertz CT molecular complexity index is 1150. The van der Waals surface area contributed by atoms with Gasteiger partial charge in [0.15, 0.2) is 0 Å². The Morgan fingerprint density at radius 1 is 0.825 bits per heavy atom. The van der Waals surface area contributed by atoms with Gasteiger partial charge >= 0.3 is 0 Å². The van der Waals surface area contributed by atoms with Gasteiger partial charge in [-0.2, -0.15) is 0 Å². The smallest absolute Gasteiger partial charge is 0.255 e.